The van der Waals surface area contributed by atoms with Gasteiger partial charge in [-0.1, -0.05) is 95.4 Å². The largest absolute Gasteiger partial charge is 0.506 e. The van der Waals surface area contributed by atoms with Crippen molar-refractivity contribution < 1.29 is 48.1 Å². The summed E-state index contributed by atoms with van der Waals surface area (Å²) in [4.78, 5) is 62.4. The van der Waals surface area contributed by atoms with Crippen LogP contribution in [0.25, 0.3) is 0 Å². The summed E-state index contributed by atoms with van der Waals surface area (Å²) in [6.45, 7) is 6.32. The zero-order chi connectivity index (χ0) is 39.3. The lowest BCUT2D eigenvalue weighted by Crippen LogP contribution is -2.17. The Hall–Kier alpha value is -3.04. The maximum absolute atomic E-state index is 12.6. The number of esters is 1. The van der Waals surface area contributed by atoms with Crippen molar-refractivity contribution in [2.24, 2.45) is 0 Å². The first-order valence-corrected chi connectivity index (χ1v) is 22.4. The van der Waals surface area contributed by atoms with Gasteiger partial charge in [-0.25, -0.2) is 0 Å². The lowest BCUT2D eigenvalue weighted by Gasteiger charge is -2.27. The first-order chi connectivity index (χ1) is 25.2. The number of amides is 1. The molecule has 2 rings (SSSR count). The number of hydrogen-bond donors (Lipinski definition) is 6. The molecule has 296 valence electrons. The second-order valence-corrected chi connectivity index (χ2v) is 17.6. The van der Waals surface area contributed by atoms with Crippen molar-refractivity contribution in [1.29, 1.82) is 0 Å². The van der Waals surface area contributed by atoms with E-state index in [1.54, 1.807) is 24.3 Å². The fraction of sp³-hybridized carbons (Fsp3) is 0.550. The monoisotopic (exact) mass is 777 g/mol. The highest BCUT2D eigenvalue weighted by atomic mass is 31.2. The minimum atomic E-state index is -5.16. The van der Waals surface area contributed by atoms with E-state index in [2.05, 4.69) is 43.5 Å². The van der Waals surface area contributed by atoms with Gasteiger partial charge in [-0.15, -0.1) is 0 Å². The fourth-order valence-corrected chi connectivity index (χ4v) is 8.94. The van der Waals surface area contributed by atoms with Crippen LogP contribution >= 0.6 is 15.2 Å². The molecule has 0 heterocycles. The molecule has 13 heteroatoms. The van der Waals surface area contributed by atoms with E-state index in [0.29, 0.717) is 12.2 Å². The highest BCUT2D eigenvalue weighted by Crippen LogP contribution is 2.61. The number of phenols is 1. The summed E-state index contributed by atoms with van der Waals surface area (Å²) in [6, 6.07) is 12.3. The molecule has 2 unspecified atom stereocenters. The highest BCUT2D eigenvalue weighted by molar-refractivity contribution is 7.70. The summed E-state index contributed by atoms with van der Waals surface area (Å²) in [5.41, 5.74) is 1.95. The van der Waals surface area contributed by atoms with E-state index < -0.39 is 39.3 Å². The number of allylic oxidation sites excluding steroid dienone is 4. The molecule has 0 fully saturated rings. The predicted octanol–water partition coefficient (Wildman–Crippen LogP) is 10.2. The average molecular weight is 778 g/mol. The van der Waals surface area contributed by atoms with E-state index in [4.69, 9.17) is 4.74 Å². The normalized spacial score (nSPS) is 13.5. The van der Waals surface area contributed by atoms with Gasteiger partial charge in [0.15, 0.2) is 5.40 Å². The minimum absolute atomic E-state index is 0.0170. The van der Waals surface area contributed by atoms with E-state index in [-0.39, 0.29) is 29.2 Å². The Bertz CT molecular complexity index is 1520. The van der Waals surface area contributed by atoms with Crippen LogP contribution in [0.2, 0.25) is 0 Å². The Labute approximate surface area is 315 Å². The third-order valence-electron chi connectivity index (χ3n) is 9.37. The van der Waals surface area contributed by atoms with Crippen molar-refractivity contribution in [3.63, 3.8) is 0 Å². The number of ether oxygens (including phenoxy) is 1. The lowest BCUT2D eigenvalue weighted by atomic mass is 9.78. The molecule has 11 nitrogen and oxygen atoms in total. The van der Waals surface area contributed by atoms with Gasteiger partial charge >= 0.3 is 21.2 Å². The van der Waals surface area contributed by atoms with Gasteiger partial charge in [0.2, 0.25) is 5.91 Å². The number of aromatic hydroxyl groups is 1. The number of phenolic OH excluding ortho intramolecular Hbond substituents is 1. The zero-order valence-electron chi connectivity index (χ0n) is 31.6. The van der Waals surface area contributed by atoms with Gasteiger partial charge in [0.25, 0.3) is 0 Å². The average Bonchev–Trinajstić information content (AvgIpc) is 3.09. The first kappa shape index (κ1) is 46.1. The molecular weight excluding hydrogens is 716 g/mol. The summed E-state index contributed by atoms with van der Waals surface area (Å²) < 4.78 is 28.7. The Kier molecular flexibility index (Phi) is 21.2. The standard InChI is InChI=1S/C40H61NO10P2/c1-4-7-8-9-10-11-12-13-14-15-16-17-18-19-20-21-39(44)51-33-25-22-31(23-26-33)34(5-2)35(6-3)32-24-27-37(42)36(30-32)41-38(43)28-29-40(52(45,46)47)53(48,49)50/h10-11,13-14,22-27,30,34-35,40,42H,4-9,12,15-21,28-29H2,1-3H3,(H,41,43)(H2,45,46,47)(H2,48,49,50). The van der Waals surface area contributed by atoms with Crippen LogP contribution < -0.4 is 10.1 Å². The molecule has 0 aliphatic heterocycles. The maximum Gasteiger partial charge on any atom is 0.340 e. The van der Waals surface area contributed by atoms with Gasteiger partial charge in [-0.2, -0.15) is 0 Å². The summed E-state index contributed by atoms with van der Waals surface area (Å²) in [6.07, 6.45) is 21.9. The van der Waals surface area contributed by atoms with E-state index >= 15 is 0 Å². The van der Waals surface area contributed by atoms with Crippen LogP contribution in [-0.4, -0.2) is 42.0 Å². The fourth-order valence-electron chi connectivity index (χ4n) is 6.44. The van der Waals surface area contributed by atoms with Gasteiger partial charge in [-0.05, 0) is 105 Å². The number of rotatable bonds is 26. The van der Waals surface area contributed by atoms with Crippen molar-refractivity contribution in [3.8, 4) is 11.5 Å². The number of hydrogen-bond acceptors (Lipinski definition) is 6. The second kappa shape index (κ2) is 24.4. The maximum atomic E-state index is 12.6. The van der Waals surface area contributed by atoms with E-state index in [1.165, 1.54) is 31.7 Å². The molecule has 0 aliphatic rings. The third-order valence-corrected chi connectivity index (χ3v) is 13.2. The summed E-state index contributed by atoms with van der Waals surface area (Å²) in [5.74, 6) is -0.713. The van der Waals surface area contributed by atoms with Gasteiger partial charge in [-0.3, -0.25) is 18.7 Å². The molecule has 0 bridgehead atoms. The Balaban J connectivity index is 1.85. The SMILES string of the molecule is CCCCCC=CCC=CCCCCCCCC(=O)Oc1ccc(C(CC)C(CC)c2ccc(O)c(NC(=O)CCC(P(=O)(O)O)P(=O)(O)O)c2)cc1. The van der Waals surface area contributed by atoms with E-state index in [0.717, 1.165) is 68.9 Å². The molecule has 0 saturated heterocycles. The number of carbonyl (C=O) groups excluding carboxylic acids is 2. The Morgan fingerprint density at radius 3 is 1.85 bits per heavy atom. The predicted molar refractivity (Wildman–Crippen MR) is 211 cm³/mol. The van der Waals surface area contributed by atoms with Gasteiger partial charge < -0.3 is 34.7 Å². The number of carbonyl (C=O) groups is 2. The number of unbranched alkanes of at least 4 members (excludes halogenated alkanes) is 8. The van der Waals surface area contributed by atoms with Crippen LogP contribution in [-0.2, 0) is 18.7 Å². The zero-order valence-corrected chi connectivity index (χ0v) is 33.4. The molecule has 1 amide bonds. The minimum Gasteiger partial charge on any atom is -0.506 e. The molecule has 0 radical (unpaired) electrons. The quantitative estimate of drug-likeness (QED) is 0.0134. The van der Waals surface area contributed by atoms with Gasteiger partial charge in [0.1, 0.15) is 11.5 Å². The molecule has 2 aromatic rings. The molecular formula is C40H61NO10P2. The smallest absolute Gasteiger partial charge is 0.340 e. The molecule has 53 heavy (non-hydrogen) atoms. The van der Waals surface area contributed by atoms with E-state index in [9.17, 15) is 43.4 Å². The van der Waals surface area contributed by atoms with Crippen molar-refractivity contribution >= 4 is 32.8 Å². The van der Waals surface area contributed by atoms with Crippen molar-refractivity contribution in [1.82, 2.24) is 0 Å². The van der Waals surface area contributed by atoms with Crippen molar-refractivity contribution in [3.05, 3.63) is 77.9 Å². The summed E-state index contributed by atoms with van der Waals surface area (Å²) >= 11 is 0. The van der Waals surface area contributed by atoms with Crippen LogP contribution in [0.15, 0.2) is 66.8 Å². The molecule has 0 aromatic heterocycles. The Morgan fingerprint density at radius 1 is 0.717 bits per heavy atom. The number of anilines is 1. The molecule has 0 saturated carbocycles. The van der Waals surface area contributed by atoms with Crippen molar-refractivity contribution in [2.45, 2.75) is 141 Å². The van der Waals surface area contributed by atoms with E-state index in [1.807, 2.05) is 19.1 Å². The number of nitrogens with one attached hydrogen (secondary N) is 1. The van der Waals surface area contributed by atoms with Crippen LogP contribution in [0.3, 0.4) is 0 Å². The highest BCUT2D eigenvalue weighted by Gasteiger charge is 2.43. The van der Waals surface area contributed by atoms with Crippen LogP contribution in [0, 0.1) is 0 Å². The topological polar surface area (TPSA) is 191 Å². The summed E-state index contributed by atoms with van der Waals surface area (Å²) in [7, 11) is -10.3. The van der Waals surface area contributed by atoms with Gasteiger partial charge in [0, 0.05) is 12.8 Å². The van der Waals surface area contributed by atoms with Crippen LogP contribution in [0.5, 0.6) is 11.5 Å². The summed E-state index contributed by atoms with van der Waals surface area (Å²) in [5, 5.41) is 10.7. The van der Waals surface area contributed by atoms with Crippen LogP contribution in [0.4, 0.5) is 5.69 Å². The number of benzene rings is 2. The van der Waals surface area contributed by atoms with Gasteiger partial charge in [0.05, 0.1) is 5.69 Å². The first-order valence-electron chi connectivity index (χ1n) is 19.0. The molecule has 6 N–H and O–H groups in total. The molecule has 2 aromatic carbocycles. The molecule has 2 atom stereocenters. The molecule has 0 spiro atoms. The molecule has 0 aliphatic carbocycles. The Morgan fingerprint density at radius 2 is 1.26 bits per heavy atom. The van der Waals surface area contributed by atoms with Crippen molar-refractivity contribution in [2.75, 3.05) is 5.32 Å². The lowest BCUT2D eigenvalue weighted by molar-refractivity contribution is -0.134. The third kappa shape index (κ3) is 17.8. The van der Waals surface area contributed by atoms with Crippen LogP contribution in [0.1, 0.15) is 146 Å². The second-order valence-electron chi connectivity index (χ2n) is 13.6.